The monoisotopic (exact) mass is 299 g/mol. The van der Waals surface area contributed by atoms with E-state index in [2.05, 4.69) is 22.0 Å². The maximum absolute atomic E-state index is 8.72. The molecule has 18 heavy (non-hydrogen) atoms. The third kappa shape index (κ3) is 2.99. The Morgan fingerprint density at radius 3 is 2.28 bits per heavy atom. The minimum atomic E-state index is 0.617. The zero-order chi connectivity index (χ0) is 12.8. The van der Waals surface area contributed by atoms with Crippen LogP contribution in [0.1, 0.15) is 11.1 Å². The van der Waals surface area contributed by atoms with Crippen LogP contribution < -0.4 is 4.74 Å². The van der Waals surface area contributed by atoms with Gasteiger partial charge in [0.05, 0.1) is 11.6 Å². The molecule has 88 valence electrons. The topological polar surface area (TPSA) is 33.0 Å². The fourth-order valence-corrected chi connectivity index (χ4v) is 1.83. The van der Waals surface area contributed by atoms with Crippen molar-refractivity contribution in [2.75, 3.05) is 0 Å². The second-order valence-corrected chi connectivity index (χ2v) is 4.04. The van der Waals surface area contributed by atoms with Crippen LogP contribution in [0, 0.1) is 11.3 Å². The van der Waals surface area contributed by atoms with Crippen molar-refractivity contribution in [3.05, 3.63) is 70.7 Å². The summed E-state index contributed by atoms with van der Waals surface area (Å²) in [5.41, 5.74) is 1.60. The number of rotatable bonds is 3. The van der Waals surface area contributed by atoms with Crippen LogP contribution in [0.5, 0.6) is 5.75 Å². The standard InChI is InChI=1S/C15H10BrNO/c16-10-15(13-4-2-1-3-5-13)18-14-8-6-12(11-17)7-9-14/h1-10H/b15-10-. The lowest BCUT2D eigenvalue weighted by Gasteiger charge is -2.09. The molecule has 0 bridgehead atoms. The molecule has 0 amide bonds. The summed E-state index contributed by atoms with van der Waals surface area (Å²) in [5, 5.41) is 8.72. The first-order valence-corrected chi connectivity index (χ1v) is 6.29. The largest absolute Gasteiger partial charge is 0.456 e. The summed E-state index contributed by atoms with van der Waals surface area (Å²) in [6.07, 6.45) is 0. The Balaban J connectivity index is 2.19. The van der Waals surface area contributed by atoms with E-state index in [4.69, 9.17) is 10.00 Å². The van der Waals surface area contributed by atoms with Gasteiger partial charge in [-0.05, 0) is 24.3 Å². The van der Waals surface area contributed by atoms with Gasteiger partial charge in [-0.3, -0.25) is 0 Å². The first-order chi connectivity index (χ1) is 8.83. The molecule has 0 atom stereocenters. The molecule has 2 nitrogen and oxygen atoms in total. The van der Waals surface area contributed by atoms with Crippen LogP contribution in [0.15, 0.2) is 59.6 Å². The average molecular weight is 300 g/mol. The minimum absolute atomic E-state index is 0.617. The van der Waals surface area contributed by atoms with Gasteiger partial charge in [-0.15, -0.1) is 0 Å². The van der Waals surface area contributed by atoms with E-state index in [1.54, 1.807) is 29.3 Å². The average Bonchev–Trinajstić information content (AvgIpc) is 2.46. The van der Waals surface area contributed by atoms with Crippen LogP contribution in [0.3, 0.4) is 0 Å². The zero-order valence-corrected chi connectivity index (χ0v) is 11.1. The molecule has 0 fully saturated rings. The summed E-state index contributed by atoms with van der Waals surface area (Å²) in [4.78, 5) is 1.74. The number of nitrogens with zero attached hydrogens (tertiary/aromatic N) is 1. The molecule has 0 spiro atoms. The first kappa shape index (κ1) is 12.4. The van der Waals surface area contributed by atoms with E-state index in [0.717, 1.165) is 11.3 Å². The van der Waals surface area contributed by atoms with Gasteiger partial charge in [0.15, 0.2) is 0 Å². The molecule has 0 heterocycles. The maximum atomic E-state index is 8.72. The van der Waals surface area contributed by atoms with Crippen molar-refractivity contribution in [3.8, 4) is 11.8 Å². The van der Waals surface area contributed by atoms with Crippen LogP contribution in [0.2, 0.25) is 0 Å². The molecule has 2 rings (SSSR count). The third-order valence-corrected chi connectivity index (χ3v) is 2.78. The summed E-state index contributed by atoms with van der Waals surface area (Å²) < 4.78 is 5.75. The summed E-state index contributed by atoms with van der Waals surface area (Å²) >= 11 is 3.30. The van der Waals surface area contributed by atoms with E-state index in [1.165, 1.54) is 0 Å². The molecule has 3 heteroatoms. The van der Waals surface area contributed by atoms with Crippen molar-refractivity contribution in [3.63, 3.8) is 0 Å². The van der Waals surface area contributed by atoms with E-state index in [0.29, 0.717) is 11.3 Å². The van der Waals surface area contributed by atoms with E-state index in [9.17, 15) is 0 Å². The van der Waals surface area contributed by atoms with Crippen molar-refractivity contribution in [2.24, 2.45) is 0 Å². The van der Waals surface area contributed by atoms with Crippen molar-refractivity contribution in [1.29, 1.82) is 5.26 Å². The summed E-state index contributed by atoms with van der Waals surface area (Å²) in [7, 11) is 0. The lowest BCUT2D eigenvalue weighted by atomic mass is 10.2. The number of halogens is 1. The molecule has 0 aromatic heterocycles. The quantitative estimate of drug-likeness (QED) is 0.790. The molecule has 0 aliphatic carbocycles. The van der Waals surface area contributed by atoms with Crippen molar-refractivity contribution < 1.29 is 4.74 Å². The minimum Gasteiger partial charge on any atom is -0.456 e. The summed E-state index contributed by atoms with van der Waals surface area (Å²) in [6.45, 7) is 0. The highest BCUT2D eigenvalue weighted by Crippen LogP contribution is 2.22. The number of hydrogen-bond donors (Lipinski definition) is 0. The Labute approximate surface area is 114 Å². The maximum Gasteiger partial charge on any atom is 0.141 e. The van der Waals surface area contributed by atoms with E-state index >= 15 is 0 Å². The highest BCUT2D eigenvalue weighted by molar-refractivity contribution is 9.11. The SMILES string of the molecule is N#Cc1ccc(O/C(=C\Br)c2ccccc2)cc1. The fourth-order valence-electron chi connectivity index (χ4n) is 1.47. The molecule has 0 N–H and O–H groups in total. The molecular weight excluding hydrogens is 290 g/mol. The van der Waals surface area contributed by atoms with Gasteiger partial charge in [0.25, 0.3) is 0 Å². The molecule has 2 aromatic carbocycles. The summed E-state index contributed by atoms with van der Waals surface area (Å²) in [5.74, 6) is 1.42. The highest BCUT2D eigenvalue weighted by Gasteiger charge is 2.03. The Hall–Kier alpha value is -2.05. The molecule has 0 unspecified atom stereocenters. The van der Waals surface area contributed by atoms with Crippen LogP contribution >= 0.6 is 15.9 Å². The second-order valence-electron chi connectivity index (χ2n) is 3.58. The Kier molecular flexibility index (Phi) is 4.16. The molecule has 0 aliphatic rings. The predicted octanol–water partition coefficient (Wildman–Crippen LogP) is 4.33. The predicted molar refractivity (Wildman–Crippen MR) is 75.1 cm³/mol. The Morgan fingerprint density at radius 2 is 1.72 bits per heavy atom. The number of benzene rings is 2. The molecule has 0 saturated heterocycles. The summed E-state index contributed by atoms with van der Waals surface area (Å²) in [6, 6.07) is 18.9. The molecule has 0 radical (unpaired) electrons. The van der Waals surface area contributed by atoms with Gasteiger partial charge < -0.3 is 4.74 Å². The van der Waals surface area contributed by atoms with Gasteiger partial charge >= 0.3 is 0 Å². The normalized spacial score (nSPS) is 10.8. The number of nitriles is 1. The fraction of sp³-hybridized carbons (Fsp3) is 0. The van der Waals surface area contributed by atoms with E-state index in [1.807, 2.05) is 30.3 Å². The third-order valence-electron chi connectivity index (χ3n) is 2.37. The first-order valence-electron chi connectivity index (χ1n) is 5.37. The second kappa shape index (κ2) is 6.04. The zero-order valence-electron chi connectivity index (χ0n) is 9.51. The Morgan fingerprint density at radius 1 is 1.06 bits per heavy atom. The smallest absolute Gasteiger partial charge is 0.141 e. The van der Waals surface area contributed by atoms with E-state index < -0.39 is 0 Å². The van der Waals surface area contributed by atoms with Gasteiger partial charge in [0.1, 0.15) is 11.5 Å². The highest BCUT2D eigenvalue weighted by atomic mass is 79.9. The van der Waals surface area contributed by atoms with Gasteiger partial charge in [0, 0.05) is 10.5 Å². The van der Waals surface area contributed by atoms with Gasteiger partial charge in [-0.2, -0.15) is 5.26 Å². The van der Waals surface area contributed by atoms with Crippen LogP contribution in [-0.4, -0.2) is 0 Å². The van der Waals surface area contributed by atoms with E-state index in [-0.39, 0.29) is 0 Å². The van der Waals surface area contributed by atoms with Crippen molar-refractivity contribution in [1.82, 2.24) is 0 Å². The molecular formula is C15H10BrNO. The molecule has 2 aromatic rings. The number of hydrogen-bond acceptors (Lipinski definition) is 2. The lowest BCUT2D eigenvalue weighted by molar-refractivity contribution is 0.516. The van der Waals surface area contributed by atoms with Crippen molar-refractivity contribution >= 4 is 21.7 Å². The molecule has 0 aliphatic heterocycles. The molecule has 0 saturated carbocycles. The van der Waals surface area contributed by atoms with Gasteiger partial charge in [0.2, 0.25) is 0 Å². The van der Waals surface area contributed by atoms with Crippen LogP contribution in [0.4, 0.5) is 0 Å². The lowest BCUT2D eigenvalue weighted by Crippen LogP contribution is -1.93. The van der Waals surface area contributed by atoms with Gasteiger partial charge in [-0.1, -0.05) is 46.3 Å². The van der Waals surface area contributed by atoms with Crippen LogP contribution in [0.25, 0.3) is 5.76 Å². The Bertz CT molecular complexity index is 582. The van der Waals surface area contributed by atoms with Gasteiger partial charge in [-0.25, -0.2) is 0 Å². The number of ether oxygens (including phenoxy) is 1. The van der Waals surface area contributed by atoms with Crippen LogP contribution in [-0.2, 0) is 0 Å². The van der Waals surface area contributed by atoms with Crippen molar-refractivity contribution in [2.45, 2.75) is 0 Å².